The van der Waals surface area contributed by atoms with E-state index in [4.69, 9.17) is 4.74 Å². The van der Waals surface area contributed by atoms with Gasteiger partial charge in [0.1, 0.15) is 16.4 Å². The van der Waals surface area contributed by atoms with E-state index in [9.17, 15) is 17.6 Å². The van der Waals surface area contributed by atoms with E-state index in [1.807, 2.05) is 30.3 Å². The number of rotatable bonds is 5. The van der Waals surface area contributed by atoms with Gasteiger partial charge in [0.2, 0.25) is 0 Å². The quantitative estimate of drug-likeness (QED) is 0.637. The van der Waals surface area contributed by atoms with Gasteiger partial charge in [0, 0.05) is 10.4 Å². The minimum atomic E-state index is -3.99. The van der Waals surface area contributed by atoms with Crippen molar-refractivity contribution in [1.29, 1.82) is 0 Å². The van der Waals surface area contributed by atoms with Crippen molar-refractivity contribution in [2.75, 3.05) is 11.8 Å². The molecule has 0 unspecified atom stereocenters. The number of anilines is 1. The Hall–Kier alpha value is -2.71. The lowest BCUT2D eigenvalue weighted by Crippen LogP contribution is -2.15. The summed E-state index contributed by atoms with van der Waals surface area (Å²) >= 11 is 1.14. The van der Waals surface area contributed by atoms with Gasteiger partial charge in [-0.3, -0.25) is 4.72 Å². The lowest BCUT2D eigenvalue weighted by molar-refractivity contribution is 0.0603. The molecular formula is C19H16FNO4S2. The Morgan fingerprint density at radius 3 is 2.30 bits per heavy atom. The van der Waals surface area contributed by atoms with Crippen LogP contribution in [0.2, 0.25) is 0 Å². The van der Waals surface area contributed by atoms with Crippen LogP contribution in [0.4, 0.5) is 9.39 Å². The molecule has 0 saturated carbocycles. The summed E-state index contributed by atoms with van der Waals surface area (Å²) in [6.07, 6.45) is 0. The third-order valence-corrected chi connectivity index (χ3v) is 6.40. The van der Waals surface area contributed by atoms with E-state index in [1.54, 1.807) is 6.92 Å². The lowest BCUT2D eigenvalue weighted by Gasteiger charge is -2.09. The number of carbonyl (C=O) groups excluding carboxylic acids is 1. The molecule has 27 heavy (non-hydrogen) atoms. The molecule has 0 radical (unpaired) electrons. The number of nitrogens with one attached hydrogen (secondary N) is 1. The second kappa shape index (κ2) is 7.50. The van der Waals surface area contributed by atoms with E-state index in [-0.39, 0.29) is 15.5 Å². The van der Waals surface area contributed by atoms with Gasteiger partial charge in [-0.15, -0.1) is 11.3 Å². The van der Waals surface area contributed by atoms with Crippen LogP contribution in [0, 0.1) is 12.7 Å². The van der Waals surface area contributed by atoms with Gasteiger partial charge in [0.15, 0.2) is 0 Å². The number of methoxy groups -OCH3 is 1. The summed E-state index contributed by atoms with van der Waals surface area (Å²) in [6, 6.07) is 13.6. The molecule has 1 heterocycles. The number of thiophene rings is 1. The Labute approximate surface area is 160 Å². The van der Waals surface area contributed by atoms with Crippen molar-refractivity contribution >= 4 is 32.3 Å². The Morgan fingerprint density at radius 1 is 1.07 bits per heavy atom. The van der Waals surface area contributed by atoms with Gasteiger partial charge in [0.05, 0.1) is 12.0 Å². The summed E-state index contributed by atoms with van der Waals surface area (Å²) in [5.74, 6) is -1.18. The molecule has 0 spiro atoms. The number of esters is 1. The van der Waals surface area contributed by atoms with Crippen molar-refractivity contribution in [1.82, 2.24) is 0 Å². The van der Waals surface area contributed by atoms with Crippen LogP contribution < -0.4 is 4.72 Å². The van der Waals surface area contributed by atoms with Gasteiger partial charge in [-0.2, -0.15) is 0 Å². The summed E-state index contributed by atoms with van der Waals surface area (Å²) < 4.78 is 45.7. The summed E-state index contributed by atoms with van der Waals surface area (Å²) in [5.41, 5.74) is 1.54. The first kappa shape index (κ1) is 19.1. The number of hydrogen-bond donors (Lipinski definition) is 1. The largest absolute Gasteiger partial charge is 0.465 e. The minimum Gasteiger partial charge on any atom is -0.465 e. The zero-order valence-corrected chi connectivity index (χ0v) is 16.2. The van der Waals surface area contributed by atoms with E-state index >= 15 is 0 Å². The number of hydrogen-bond acceptors (Lipinski definition) is 5. The van der Waals surface area contributed by atoms with Crippen LogP contribution in [-0.4, -0.2) is 21.5 Å². The molecule has 0 saturated heterocycles. The first-order valence-corrected chi connectivity index (χ1v) is 10.2. The highest BCUT2D eigenvalue weighted by Gasteiger charge is 2.27. The highest BCUT2D eigenvalue weighted by atomic mass is 32.2. The maximum absolute atomic E-state index is 13.1. The Morgan fingerprint density at radius 2 is 1.70 bits per heavy atom. The number of carbonyl (C=O) groups is 1. The molecule has 0 fully saturated rings. The van der Waals surface area contributed by atoms with Crippen LogP contribution in [0.25, 0.3) is 11.1 Å². The molecule has 0 aliphatic carbocycles. The molecule has 1 aromatic heterocycles. The first-order valence-electron chi connectivity index (χ1n) is 7.89. The first-order chi connectivity index (χ1) is 12.8. The third-order valence-electron chi connectivity index (χ3n) is 3.89. The van der Waals surface area contributed by atoms with Crippen LogP contribution in [0.1, 0.15) is 15.2 Å². The second-order valence-electron chi connectivity index (χ2n) is 5.65. The fraction of sp³-hybridized carbons (Fsp3) is 0.105. The van der Waals surface area contributed by atoms with E-state index in [0.29, 0.717) is 5.56 Å². The highest BCUT2D eigenvalue weighted by molar-refractivity contribution is 7.93. The number of ether oxygens (including phenoxy) is 1. The zero-order valence-electron chi connectivity index (χ0n) is 14.5. The average Bonchev–Trinajstić information content (AvgIpc) is 2.97. The topological polar surface area (TPSA) is 72.5 Å². The van der Waals surface area contributed by atoms with Gasteiger partial charge in [-0.05, 0) is 36.8 Å². The van der Waals surface area contributed by atoms with E-state index in [1.165, 1.54) is 7.11 Å². The van der Waals surface area contributed by atoms with Crippen molar-refractivity contribution in [3.63, 3.8) is 0 Å². The Bertz CT molecular complexity index is 1070. The lowest BCUT2D eigenvalue weighted by atomic mass is 10.0. The Kier molecular flexibility index (Phi) is 5.29. The van der Waals surface area contributed by atoms with Crippen LogP contribution in [-0.2, 0) is 14.8 Å². The number of benzene rings is 2. The van der Waals surface area contributed by atoms with E-state index in [0.717, 1.165) is 46.0 Å². The van der Waals surface area contributed by atoms with Crippen molar-refractivity contribution in [2.24, 2.45) is 0 Å². The summed E-state index contributed by atoms with van der Waals surface area (Å²) in [4.78, 5) is 13.1. The normalized spacial score (nSPS) is 11.2. The van der Waals surface area contributed by atoms with Crippen LogP contribution in [0.15, 0.2) is 59.5 Å². The van der Waals surface area contributed by atoms with Crippen molar-refractivity contribution in [2.45, 2.75) is 11.8 Å². The van der Waals surface area contributed by atoms with E-state index < -0.39 is 21.8 Å². The molecule has 1 N–H and O–H groups in total. The standard InChI is InChI=1S/C19H16FNO4S2/c1-12-16(13-6-4-3-5-7-13)17(19(22)25-2)18(26-12)21-27(23,24)15-10-8-14(20)9-11-15/h3-11,21H,1-2H3. The molecular weight excluding hydrogens is 389 g/mol. The minimum absolute atomic E-state index is 0.105. The maximum Gasteiger partial charge on any atom is 0.341 e. The average molecular weight is 405 g/mol. The smallest absolute Gasteiger partial charge is 0.341 e. The molecule has 140 valence electrons. The summed E-state index contributed by atoms with van der Waals surface area (Å²) in [6.45, 7) is 1.80. The van der Waals surface area contributed by atoms with Gasteiger partial charge in [0.25, 0.3) is 10.0 Å². The summed E-state index contributed by atoms with van der Waals surface area (Å²) in [7, 11) is -2.76. The molecule has 0 bridgehead atoms. The zero-order chi connectivity index (χ0) is 19.6. The third kappa shape index (κ3) is 3.86. The second-order valence-corrected chi connectivity index (χ2v) is 8.56. The molecule has 3 aromatic rings. The molecule has 5 nitrogen and oxygen atoms in total. The van der Waals surface area contributed by atoms with Crippen molar-refractivity contribution in [3.05, 3.63) is 70.9 Å². The van der Waals surface area contributed by atoms with E-state index in [2.05, 4.69) is 4.72 Å². The predicted molar refractivity (Wildman–Crippen MR) is 103 cm³/mol. The highest BCUT2D eigenvalue weighted by Crippen LogP contribution is 2.41. The van der Waals surface area contributed by atoms with Crippen LogP contribution in [0.3, 0.4) is 0 Å². The van der Waals surface area contributed by atoms with Gasteiger partial charge < -0.3 is 4.74 Å². The molecule has 3 rings (SSSR count). The fourth-order valence-corrected chi connectivity index (χ4v) is 5.03. The maximum atomic E-state index is 13.1. The van der Waals surface area contributed by atoms with Gasteiger partial charge >= 0.3 is 5.97 Å². The fourth-order valence-electron chi connectivity index (χ4n) is 2.66. The van der Waals surface area contributed by atoms with Crippen LogP contribution in [0.5, 0.6) is 0 Å². The Balaban J connectivity index is 2.11. The molecule has 2 aromatic carbocycles. The molecule has 0 aliphatic heterocycles. The predicted octanol–water partition coefficient (Wildman–Crippen LogP) is 4.45. The van der Waals surface area contributed by atoms with Crippen molar-refractivity contribution < 1.29 is 22.3 Å². The molecule has 0 aliphatic rings. The number of halogens is 1. The number of sulfonamides is 1. The van der Waals surface area contributed by atoms with Gasteiger partial charge in [-0.1, -0.05) is 30.3 Å². The molecule has 8 heteroatoms. The SMILES string of the molecule is COC(=O)c1c(NS(=O)(=O)c2ccc(F)cc2)sc(C)c1-c1ccccc1. The van der Waals surface area contributed by atoms with Gasteiger partial charge in [-0.25, -0.2) is 17.6 Å². The summed E-state index contributed by atoms with van der Waals surface area (Å²) in [5, 5.41) is 0.155. The van der Waals surface area contributed by atoms with Crippen LogP contribution >= 0.6 is 11.3 Å². The molecule has 0 atom stereocenters. The number of aryl methyl sites for hydroxylation is 1. The monoisotopic (exact) mass is 405 g/mol. The van der Waals surface area contributed by atoms with Crippen molar-refractivity contribution in [3.8, 4) is 11.1 Å². The molecule has 0 amide bonds.